The maximum absolute atomic E-state index is 8.98. The zero-order valence-corrected chi connectivity index (χ0v) is 11.1. The van der Waals surface area contributed by atoms with E-state index in [9.17, 15) is 0 Å². The fourth-order valence-electron chi connectivity index (χ4n) is 1.95. The smallest absolute Gasteiger partial charge is 0.123 e. The number of aliphatic hydroxyl groups excluding tert-OH is 1. The summed E-state index contributed by atoms with van der Waals surface area (Å²) in [6.07, 6.45) is 0. The van der Waals surface area contributed by atoms with Crippen molar-refractivity contribution >= 4 is 0 Å². The molecule has 2 aromatic rings. The first-order valence-corrected chi connectivity index (χ1v) is 6.35. The van der Waals surface area contributed by atoms with Crippen LogP contribution in [0.4, 0.5) is 0 Å². The lowest BCUT2D eigenvalue weighted by Crippen LogP contribution is -2.13. The maximum atomic E-state index is 8.98. The fraction of sp³-hybridized carbons (Fsp3) is 0.250. The van der Waals surface area contributed by atoms with Gasteiger partial charge in [-0.25, -0.2) is 0 Å². The van der Waals surface area contributed by atoms with Crippen molar-refractivity contribution in [2.75, 3.05) is 7.11 Å². The lowest BCUT2D eigenvalue weighted by Gasteiger charge is -2.09. The summed E-state index contributed by atoms with van der Waals surface area (Å²) in [5, 5.41) is 12.4. The van der Waals surface area contributed by atoms with Crippen LogP contribution >= 0.6 is 0 Å². The number of ether oxygens (including phenoxy) is 1. The Kier molecular flexibility index (Phi) is 4.95. The third kappa shape index (κ3) is 3.81. The largest absolute Gasteiger partial charge is 0.496 e. The number of nitrogens with one attached hydrogen (secondary N) is 1. The van der Waals surface area contributed by atoms with Gasteiger partial charge in [-0.15, -0.1) is 0 Å². The van der Waals surface area contributed by atoms with Crippen molar-refractivity contribution in [1.82, 2.24) is 5.32 Å². The molecule has 0 saturated heterocycles. The highest BCUT2D eigenvalue weighted by Gasteiger charge is 2.01. The van der Waals surface area contributed by atoms with Gasteiger partial charge in [-0.1, -0.05) is 42.5 Å². The van der Waals surface area contributed by atoms with Crippen LogP contribution in [0.5, 0.6) is 5.75 Å². The van der Waals surface area contributed by atoms with Crippen LogP contribution in [0.2, 0.25) is 0 Å². The predicted octanol–water partition coefficient (Wildman–Crippen LogP) is 2.48. The van der Waals surface area contributed by atoms with Crippen molar-refractivity contribution in [2.45, 2.75) is 19.7 Å². The number of hydrogen-bond donors (Lipinski definition) is 2. The number of rotatable bonds is 6. The monoisotopic (exact) mass is 257 g/mol. The molecule has 19 heavy (non-hydrogen) atoms. The topological polar surface area (TPSA) is 41.5 Å². The van der Waals surface area contributed by atoms with Gasteiger partial charge in [0.1, 0.15) is 5.75 Å². The first kappa shape index (κ1) is 13.6. The van der Waals surface area contributed by atoms with E-state index < -0.39 is 0 Å². The maximum Gasteiger partial charge on any atom is 0.123 e. The van der Waals surface area contributed by atoms with E-state index >= 15 is 0 Å². The second-order valence-electron chi connectivity index (χ2n) is 4.39. The van der Waals surface area contributed by atoms with Gasteiger partial charge in [0.2, 0.25) is 0 Å². The molecule has 0 atom stereocenters. The van der Waals surface area contributed by atoms with Gasteiger partial charge in [-0.3, -0.25) is 0 Å². The van der Waals surface area contributed by atoms with Gasteiger partial charge < -0.3 is 15.2 Å². The fourth-order valence-corrected chi connectivity index (χ4v) is 1.95. The molecule has 0 fully saturated rings. The molecule has 0 aliphatic heterocycles. The molecule has 2 rings (SSSR count). The van der Waals surface area contributed by atoms with Gasteiger partial charge in [0.05, 0.1) is 13.7 Å². The van der Waals surface area contributed by atoms with Gasteiger partial charge in [0.25, 0.3) is 0 Å². The van der Waals surface area contributed by atoms with E-state index in [1.54, 1.807) is 7.11 Å². The van der Waals surface area contributed by atoms with Gasteiger partial charge in [-0.05, 0) is 17.2 Å². The molecular formula is C16H19NO2. The standard InChI is InChI=1S/C16H19NO2/c1-19-16-5-3-2-4-15(16)11-17-10-13-6-8-14(12-18)9-7-13/h2-9,17-18H,10-12H2,1H3. The number of aliphatic hydroxyl groups is 1. The Morgan fingerprint density at radius 1 is 0.947 bits per heavy atom. The molecule has 0 amide bonds. The molecule has 2 N–H and O–H groups in total. The first-order chi connectivity index (χ1) is 9.33. The van der Waals surface area contributed by atoms with Crippen molar-refractivity contribution in [1.29, 1.82) is 0 Å². The van der Waals surface area contributed by atoms with Crippen LogP contribution in [0.3, 0.4) is 0 Å². The van der Waals surface area contributed by atoms with Gasteiger partial charge in [0.15, 0.2) is 0 Å². The molecule has 0 unspecified atom stereocenters. The Hall–Kier alpha value is -1.84. The molecular weight excluding hydrogens is 238 g/mol. The Morgan fingerprint density at radius 2 is 1.63 bits per heavy atom. The molecule has 0 aromatic heterocycles. The van der Waals surface area contributed by atoms with Crippen molar-refractivity contribution < 1.29 is 9.84 Å². The summed E-state index contributed by atoms with van der Waals surface area (Å²) in [7, 11) is 1.69. The Morgan fingerprint density at radius 3 is 2.32 bits per heavy atom. The van der Waals surface area contributed by atoms with E-state index in [2.05, 4.69) is 11.4 Å². The van der Waals surface area contributed by atoms with Crippen molar-refractivity contribution in [3.8, 4) is 5.75 Å². The van der Waals surface area contributed by atoms with Crippen molar-refractivity contribution in [2.24, 2.45) is 0 Å². The van der Waals surface area contributed by atoms with E-state index in [1.165, 1.54) is 5.56 Å². The molecule has 3 heteroatoms. The summed E-state index contributed by atoms with van der Waals surface area (Å²) in [6.45, 7) is 1.66. The van der Waals surface area contributed by atoms with Crippen molar-refractivity contribution in [3.05, 3.63) is 65.2 Å². The average molecular weight is 257 g/mol. The van der Waals surface area contributed by atoms with Crippen LogP contribution in [0.15, 0.2) is 48.5 Å². The molecule has 100 valence electrons. The van der Waals surface area contributed by atoms with E-state index in [-0.39, 0.29) is 6.61 Å². The number of benzene rings is 2. The highest BCUT2D eigenvalue weighted by molar-refractivity contribution is 5.33. The van der Waals surface area contributed by atoms with Crippen LogP contribution < -0.4 is 10.1 Å². The summed E-state index contributed by atoms with van der Waals surface area (Å²) in [5.41, 5.74) is 3.29. The van der Waals surface area contributed by atoms with Crippen LogP contribution in [0.25, 0.3) is 0 Å². The molecule has 0 radical (unpaired) electrons. The number of methoxy groups -OCH3 is 1. The third-order valence-corrected chi connectivity index (χ3v) is 3.04. The molecule has 0 heterocycles. The molecule has 0 aliphatic carbocycles. The quantitative estimate of drug-likeness (QED) is 0.835. The van der Waals surface area contributed by atoms with Crippen LogP contribution in [-0.4, -0.2) is 12.2 Å². The van der Waals surface area contributed by atoms with Crippen LogP contribution in [0.1, 0.15) is 16.7 Å². The third-order valence-electron chi connectivity index (χ3n) is 3.04. The van der Waals surface area contributed by atoms with E-state index in [0.717, 1.165) is 30.0 Å². The molecule has 2 aromatic carbocycles. The number of hydrogen-bond acceptors (Lipinski definition) is 3. The van der Waals surface area contributed by atoms with E-state index in [1.807, 2.05) is 42.5 Å². The van der Waals surface area contributed by atoms with Gasteiger partial charge in [0, 0.05) is 18.7 Å². The lowest BCUT2D eigenvalue weighted by atomic mass is 10.1. The Bertz CT molecular complexity index is 508. The summed E-state index contributed by atoms with van der Waals surface area (Å²) >= 11 is 0. The van der Waals surface area contributed by atoms with Crippen LogP contribution in [-0.2, 0) is 19.7 Å². The van der Waals surface area contributed by atoms with Crippen LogP contribution in [0, 0.1) is 0 Å². The second-order valence-corrected chi connectivity index (χ2v) is 4.39. The molecule has 0 saturated carbocycles. The van der Waals surface area contributed by atoms with E-state index in [0.29, 0.717) is 0 Å². The van der Waals surface area contributed by atoms with Crippen molar-refractivity contribution in [3.63, 3.8) is 0 Å². The minimum absolute atomic E-state index is 0.0922. The molecule has 0 aliphatic rings. The zero-order chi connectivity index (χ0) is 13.5. The molecule has 0 bridgehead atoms. The molecule has 3 nitrogen and oxygen atoms in total. The Balaban J connectivity index is 1.88. The normalized spacial score (nSPS) is 10.4. The zero-order valence-electron chi connectivity index (χ0n) is 11.1. The first-order valence-electron chi connectivity index (χ1n) is 6.35. The minimum Gasteiger partial charge on any atom is -0.496 e. The summed E-state index contributed by atoms with van der Waals surface area (Å²) < 4.78 is 5.31. The SMILES string of the molecule is COc1ccccc1CNCc1ccc(CO)cc1. The predicted molar refractivity (Wildman–Crippen MR) is 75.9 cm³/mol. The second kappa shape index (κ2) is 6.92. The summed E-state index contributed by atoms with van der Waals surface area (Å²) in [4.78, 5) is 0. The highest BCUT2D eigenvalue weighted by atomic mass is 16.5. The average Bonchev–Trinajstić information content (AvgIpc) is 2.48. The van der Waals surface area contributed by atoms with E-state index in [4.69, 9.17) is 9.84 Å². The Labute approximate surface area is 113 Å². The highest BCUT2D eigenvalue weighted by Crippen LogP contribution is 2.16. The minimum atomic E-state index is 0.0922. The lowest BCUT2D eigenvalue weighted by molar-refractivity contribution is 0.282. The summed E-state index contributed by atoms with van der Waals surface area (Å²) in [5.74, 6) is 0.908. The molecule has 0 spiro atoms. The number of para-hydroxylation sites is 1. The summed E-state index contributed by atoms with van der Waals surface area (Å²) in [6, 6.07) is 15.9. The van der Waals surface area contributed by atoms with Gasteiger partial charge in [-0.2, -0.15) is 0 Å². The van der Waals surface area contributed by atoms with Gasteiger partial charge >= 0.3 is 0 Å².